The zero-order valence-electron chi connectivity index (χ0n) is 38.5. The summed E-state index contributed by atoms with van der Waals surface area (Å²) in [5.41, 5.74) is 0.503. The van der Waals surface area contributed by atoms with Crippen molar-refractivity contribution in [1.29, 1.82) is 0 Å². The number of benzene rings is 3. The number of piperazine rings is 1. The van der Waals surface area contributed by atoms with Crippen LogP contribution in [0, 0.1) is 11.6 Å². The maximum atomic E-state index is 17.8. The molecule has 2 bridgehead atoms. The van der Waals surface area contributed by atoms with E-state index in [4.69, 9.17) is 50.2 Å². The lowest BCUT2D eigenvalue weighted by Gasteiger charge is -2.48. The second kappa shape index (κ2) is 17.4. The minimum absolute atomic E-state index is 0.0708. The molecule has 13 nitrogen and oxygen atoms in total. The Labute approximate surface area is 393 Å². The highest BCUT2D eigenvalue weighted by Crippen LogP contribution is 2.48. The molecule has 10 rings (SSSR count). The minimum atomic E-state index is -0.980. The van der Waals surface area contributed by atoms with Gasteiger partial charge in [-0.2, -0.15) is 9.97 Å². The van der Waals surface area contributed by atoms with Crippen molar-refractivity contribution >= 4 is 40.1 Å². The average molecular weight is 942 g/mol. The third-order valence-electron chi connectivity index (χ3n) is 14.0. The van der Waals surface area contributed by atoms with E-state index in [1.54, 1.807) is 20.3 Å². The van der Waals surface area contributed by atoms with E-state index in [1.807, 2.05) is 86.0 Å². The van der Waals surface area contributed by atoms with Crippen molar-refractivity contribution in [2.24, 2.45) is 0 Å². The number of nitrogens with zero attached hydrogens (tertiary/aromatic N) is 7. The van der Waals surface area contributed by atoms with Gasteiger partial charge in [0, 0.05) is 38.2 Å². The van der Waals surface area contributed by atoms with Crippen LogP contribution in [0.1, 0.15) is 70.9 Å². The van der Waals surface area contributed by atoms with Gasteiger partial charge in [0.1, 0.15) is 58.4 Å². The molecule has 17 heteroatoms. The predicted molar refractivity (Wildman–Crippen MR) is 248 cm³/mol. The molecule has 354 valence electrons. The lowest BCUT2D eigenvalue weighted by Crippen LogP contribution is -2.65. The van der Waals surface area contributed by atoms with E-state index >= 15 is 8.78 Å². The van der Waals surface area contributed by atoms with Crippen LogP contribution in [0.5, 0.6) is 23.4 Å². The van der Waals surface area contributed by atoms with Gasteiger partial charge in [-0.3, -0.25) is 9.80 Å². The number of hydrogen-bond acceptors (Lipinski definition) is 12. The highest BCUT2D eigenvalue weighted by molar-refractivity contribution is 6.31. The van der Waals surface area contributed by atoms with Crippen molar-refractivity contribution in [3.05, 3.63) is 88.4 Å². The Bertz CT molecular complexity index is 2640. The fraction of sp³-hybridized carbons (Fsp3) is 0.480. The highest BCUT2D eigenvalue weighted by Gasteiger charge is 2.54. The number of alkyl halides is 1. The van der Waals surface area contributed by atoms with Crippen molar-refractivity contribution in [3.63, 3.8) is 0 Å². The molecule has 0 spiro atoms. The molecule has 6 atom stereocenters. The quantitative estimate of drug-likeness (QED) is 0.126. The zero-order valence-corrected chi connectivity index (χ0v) is 39.3. The number of amides is 1. The number of carbonyl (C=O) groups is 1. The monoisotopic (exact) mass is 941 g/mol. The summed E-state index contributed by atoms with van der Waals surface area (Å²) < 4.78 is 79.2. The number of carbonyl (C=O) groups excluding carboxylic acids is 1. The molecule has 7 heterocycles. The minimum Gasteiger partial charge on any atom is -0.497 e. The Morgan fingerprint density at radius 2 is 1.63 bits per heavy atom. The Balaban J connectivity index is 1.09. The van der Waals surface area contributed by atoms with E-state index in [2.05, 4.69) is 9.80 Å². The molecular formula is C50H55ClF3N7O6. The molecule has 2 aromatic heterocycles. The standard InChI is InChI=1S/C50H55ClF3N7O6/c1-28-44-37-17-12-33(61(37)48(62)67-49(2,3)4)26-60(44)45-39-43(56-47(57-45)65-27-50-18-7-19-59(50)25-32(52)22-50)41(54)42(55-46(39)66-28)31-20-36(51)40(53)38(21-31)58(23-29-8-13-34(63-5)14-9-29)24-30-10-15-35(64-6)16-11-30/h8-11,13-16,20-21,28,32-33,37,44H,7,12,17-19,22-27H2,1-6H3/t28-,32+,33+,37-,44+,50-/m0/s1. The van der Waals surface area contributed by atoms with Gasteiger partial charge < -0.3 is 33.5 Å². The molecule has 0 saturated carbocycles. The number of hydrogen-bond donors (Lipinski definition) is 0. The summed E-state index contributed by atoms with van der Waals surface area (Å²) in [6.07, 6.45) is 1.42. The smallest absolute Gasteiger partial charge is 0.410 e. The largest absolute Gasteiger partial charge is 0.497 e. The van der Waals surface area contributed by atoms with Crippen LogP contribution in [0.15, 0.2) is 60.7 Å². The summed E-state index contributed by atoms with van der Waals surface area (Å²) in [4.78, 5) is 36.3. The summed E-state index contributed by atoms with van der Waals surface area (Å²) in [5, 5.41) is 0.00166. The van der Waals surface area contributed by atoms with Crippen molar-refractivity contribution < 1.29 is 41.7 Å². The SMILES string of the molecule is COc1ccc(CN(Cc2ccc(OC)cc2)c2cc(-c3nc4c5c(nc(OC[C@@]67CCCN6C[C@H](F)C7)nc5c3F)N3C[C@H]5CC[C@@H]([C@H]3[C@H](C)O4)N5C(=O)OC(C)(C)C)cc(Cl)c2F)cc1. The van der Waals surface area contributed by atoms with Crippen molar-refractivity contribution in [2.45, 2.75) is 114 Å². The summed E-state index contributed by atoms with van der Waals surface area (Å²) >= 11 is 6.77. The molecule has 67 heavy (non-hydrogen) atoms. The van der Waals surface area contributed by atoms with E-state index in [-0.39, 0.29) is 76.5 Å². The van der Waals surface area contributed by atoms with Gasteiger partial charge in [-0.15, -0.1) is 0 Å². The van der Waals surface area contributed by atoms with E-state index in [9.17, 15) is 9.18 Å². The first-order valence-corrected chi connectivity index (χ1v) is 23.4. The summed E-state index contributed by atoms with van der Waals surface area (Å²) in [6, 6.07) is 16.7. The van der Waals surface area contributed by atoms with Crippen molar-refractivity contribution in [1.82, 2.24) is 24.8 Å². The molecular weight excluding hydrogens is 887 g/mol. The number of aromatic nitrogens is 3. The van der Waals surface area contributed by atoms with E-state index in [0.29, 0.717) is 43.2 Å². The number of fused-ring (bicyclic) bond motifs is 6. The number of methoxy groups -OCH3 is 2. The number of ether oxygens (including phenoxy) is 5. The van der Waals surface area contributed by atoms with Gasteiger partial charge in [0.15, 0.2) is 11.6 Å². The fourth-order valence-corrected chi connectivity index (χ4v) is 11.2. The van der Waals surface area contributed by atoms with Gasteiger partial charge in [0.2, 0.25) is 5.88 Å². The van der Waals surface area contributed by atoms with Crippen LogP contribution in [0.3, 0.4) is 0 Å². The van der Waals surface area contributed by atoms with Gasteiger partial charge in [-0.05, 0) is 107 Å². The molecule has 4 fully saturated rings. The predicted octanol–water partition coefficient (Wildman–Crippen LogP) is 9.54. The molecule has 0 radical (unpaired) electrons. The van der Waals surface area contributed by atoms with E-state index in [1.165, 1.54) is 6.07 Å². The first-order chi connectivity index (χ1) is 32.1. The molecule has 5 aliphatic heterocycles. The van der Waals surface area contributed by atoms with Crippen molar-refractivity contribution in [2.75, 3.05) is 50.3 Å². The Hall–Kier alpha value is -5.74. The normalized spacial score (nSPS) is 24.2. The second-order valence-corrected chi connectivity index (χ2v) is 19.9. The van der Waals surface area contributed by atoms with Crippen molar-refractivity contribution in [3.8, 4) is 34.6 Å². The van der Waals surface area contributed by atoms with Gasteiger partial charge in [0.05, 0.1) is 48.6 Å². The van der Waals surface area contributed by atoms with Crippen LogP contribution in [-0.2, 0) is 17.8 Å². The first kappa shape index (κ1) is 45.1. The molecule has 4 saturated heterocycles. The number of anilines is 2. The van der Waals surface area contributed by atoms with Gasteiger partial charge in [-0.1, -0.05) is 35.9 Å². The molecule has 0 aliphatic carbocycles. The maximum absolute atomic E-state index is 17.8. The van der Waals surface area contributed by atoms with Crippen LogP contribution >= 0.6 is 11.6 Å². The van der Waals surface area contributed by atoms with Crippen LogP contribution in [0.25, 0.3) is 22.2 Å². The highest BCUT2D eigenvalue weighted by atomic mass is 35.5. The number of halogens is 4. The maximum Gasteiger partial charge on any atom is 0.410 e. The first-order valence-electron chi connectivity index (χ1n) is 23.0. The zero-order chi connectivity index (χ0) is 46.9. The third kappa shape index (κ3) is 8.38. The van der Waals surface area contributed by atoms with E-state index in [0.717, 1.165) is 36.9 Å². The third-order valence-corrected chi connectivity index (χ3v) is 14.3. The number of rotatable bonds is 11. The van der Waals surface area contributed by atoms with Crippen LogP contribution in [0.2, 0.25) is 5.02 Å². The average Bonchev–Trinajstić information content (AvgIpc) is 3.91. The number of pyridine rings is 1. The van der Waals surface area contributed by atoms with Gasteiger partial charge >= 0.3 is 12.1 Å². The van der Waals surface area contributed by atoms with E-state index < -0.39 is 47.2 Å². The van der Waals surface area contributed by atoms with Gasteiger partial charge in [0.25, 0.3) is 0 Å². The molecule has 1 amide bonds. The topological polar surface area (TPSA) is 115 Å². The van der Waals surface area contributed by atoms with Crippen LogP contribution in [-0.4, -0.2) is 113 Å². The Kier molecular flexibility index (Phi) is 11.7. The summed E-state index contributed by atoms with van der Waals surface area (Å²) in [5.74, 6) is 0.275. The Morgan fingerprint density at radius 1 is 0.940 bits per heavy atom. The lowest BCUT2D eigenvalue weighted by atomic mass is 9.95. The molecule has 0 N–H and O–H groups in total. The molecule has 5 aromatic rings. The molecule has 3 aromatic carbocycles. The summed E-state index contributed by atoms with van der Waals surface area (Å²) in [6.45, 7) is 9.52. The molecule has 5 aliphatic rings. The summed E-state index contributed by atoms with van der Waals surface area (Å²) in [7, 11) is 3.18. The lowest BCUT2D eigenvalue weighted by molar-refractivity contribution is 0.000932. The fourth-order valence-electron chi connectivity index (χ4n) is 11.0. The second-order valence-electron chi connectivity index (χ2n) is 19.5. The van der Waals surface area contributed by atoms with Crippen LogP contribution < -0.4 is 28.7 Å². The van der Waals surface area contributed by atoms with Crippen LogP contribution in [0.4, 0.5) is 29.5 Å². The Morgan fingerprint density at radius 3 is 2.28 bits per heavy atom. The van der Waals surface area contributed by atoms with Gasteiger partial charge in [-0.25, -0.2) is 22.9 Å². The molecule has 0 unspecified atom stereocenters.